The molecular weight excluding hydrogens is 334 g/mol. The fourth-order valence-electron chi connectivity index (χ4n) is 2.66. The van der Waals surface area contributed by atoms with Crippen LogP contribution in [0.4, 0.5) is 0 Å². The molecular formula is C20H23NO3S. The summed E-state index contributed by atoms with van der Waals surface area (Å²) in [7, 11) is 0. The van der Waals surface area contributed by atoms with Crippen molar-refractivity contribution in [2.45, 2.75) is 31.7 Å². The molecule has 1 N–H and O–H groups in total. The standard InChI is InChI=1S/C20H23NO3S/c1-13-4-5-16(10-14(13)2)15(3)21-20(22)12-25-17-6-7-18-19(11-17)24-9-8-23-18/h4-7,10-11,15H,8-9,12H2,1-3H3,(H,21,22)/t15-/m0/s1. The average Bonchev–Trinajstić information content (AvgIpc) is 2.62. The van der Waals surface area contributed by atoms with Crippen LogP contribution in [0.2, 0.25) is 0 Å². The predicted octanol–water partition coefficient (Wildman–Crippen LogP) is 4.04. The Morgan fingerprint density at radius 1 is 1.08 bits per heavy atom. The summed E-state index contributed by atoms with van der Waals surface area (Å²) in [6.45, 7) is 7.33. The normalized spacial score (nSPS) is 14.0. The summed E-state index contributed by atoms with van der Waals surface area (Å²) in [4.78, 5) is 13.3. The molecule has 0 radical (unpaired) electrons. The maximum absolute atomic E-state index is 12.3. The lowest BCUT2D eigenvalue weighted by molar-refractivity contribution is -0.119. The van der Waals surface area contributed by atoms with Gasteiger partial charge in [0.2, 0.25) is 5.91 Å². The number of carbonyl (C=O) groups is 1. The third-order valence-corrected chi connectivity index (χ3v) is 5.29. The summed E-state index contributed by atoms with van der Waals surface area (Å²) in [6, 6.07) is 12.1. The van der Waals surface area contributed by atoms with Crippen LogP contribution in [0.25, 0.3) is 0 Å². The number of ether oxygens (including phenoxy) is 2. The molecule has 1 heterocycles. The zero-order chi connectivity index (χ0) is 17.8. The van der Waals surface area contributed by atoms with Gasteiger partial charge in [-0.05, 0) is 55.7 Å². The summed E-state index contributed by atoms with van der Waals surface area (Å²) in [5, 5.41) is 3.06. The molecule has 0 spiro atoms. The second kappa shape index (κ2) is 7.83. The Morgan fingerprint density at radius 3 is 2.60 bits per heavy atom. The molecule has 0 saturated heterocycles. The number of aryl methyl sites for hydroxylation is 2. The summed E-state index contributed by atoms with van der Waals surface area (Å²) < 4.78 is 11.1. The van der Waals surface area contributed by atoms with Crippen molar-refractivity contribution in [3.05, 3.63) is 53.1 Å². The van der Waals surface area contributed by atoms with Gasteiger partial charge in [-0.15, -0.1) is 11.8 Å². The second-order valence-corrected chi connectivity index (χ2v) is 7.28. The summed E-state index contributed by atoms with van der Waals surface area (Å²) >= 11 is 1.50. The number of benzene rings is 2. The van der Waals surface area contributed by atoms with E-state index in [-0.39, 0.29) is 11.9 Å². The van der Waals surface area contributed by atoms with E-state index < -0.39 is 0 Å². The Labute approximate surface area is 152 Å². The molecule has 0 fully saturated rings. The molecule has 2 aromatic rings. The summed E-state index contributed by atoms with van der Waals surface area (Å²) in [5.41, 5.74) is 3.63. The lowest BCUT2D eigenvalue weighted by Gasteiger charge is -2.19. The lowest BCUT2D eigenvalue weighted by atomic mass is 10.0. The van der Waals surface area contributed by atoms with Crippen molar-refractivity contribution in [2.75, 3.05) is 19.0 Å². The van der Waals surface area contributed by atoms with Gasteiger partial charge >= 0.3 is 0 Å². The highest BCUT2D eigenvalue weighted by atomic mass is 32.2. The lowest BCUT2D eigenvalue weighted by Crippen LogP contribution is -2.28. The molecule has 0 unspecified atom stereocenters. The van der Waals surface area contributed by atoms with E-state index in [4.69, 9.17) is 9.47 Å². The number of rotatable bonds is 5. The molecule has 1 amide bonds. The van der Waals surface area contributed by atoms with Crippen molar-refractivity contribution >= 4 is 17.7 Å². The van der Waals surface area contributed by atoms with Crippen LogP contribution >= 0.6 is 11.8 Å². The number of nitrogens with one attached hydrogen (secondary N) is 1. The van der Waals surface area contributed by atoms with Crippen LogP contribution in [0.1, 0.15) is 29.7 Å². The van der Waals surface area contributed by atoms with Crippen molar-refractivity contribution in [2.24, 2.45) is 0 Å². The van der Waals surface area contributed by atoms with Gasteiger partial charge in [-0.3, -0.25) is 4.79 Å². The Kier molecular flexibility index (Phi) is 5.53. The highest BCUT2D eigenvalue weighted by molar-refractivity contribution is 8.00. The molecule has 1 atom stereocenters. The summed E-state index contributed by atoms with van der Waals surface area (Å²) in [6.07, 6.45) is 0. The molecule has 2 aromatic carbocycles. The maximum Gasteiger partial charge on any atom is 0.230 e. The fourth-order valence-corrected chi connectivity index (χ4v) is 3.40. The molecule has 4 nitrogen and oxygen atoms in total. The van der Waals surface area contributed by atoms with E-state index in [9.17, 15) is 4.79 Å². The minimum Gasteiger partial charge on any atom is -0.486 e. The number of hydrogen-bond donors (Lipinski definition) is 1. The first kappa shape index (κ1) is 17.7. The van der Waals surface area contributed by atoms with Gasteiger partial charge in [0.05, 0.1) is 11.8 Å². The number of amides is 1. The SMILES string of the molecule is Cc1ccc([C@H](C)NC(=O)CSc2ccc3c(c2)OCCO3)cc1C. The van der Waals surface area contributed by atoms with Gasteiger partial charge in [0, 0.05) is 4.90 Å². The number of carbonyl (C=O) groups excluding carboxylic acids is 1. The highest BCUT2D eigenvalue weighted by Gasteiger charge is 2.14. The third-order valence-electron chi connectivity index (χ3n) is 4.29. The first-order chi connectivity index (χ1) is 12.0. The monoisotopic (exact) mass is 357 g/mol. The molecule has 132 valence electrons. The summed E-state index contributed by atoms with van der Waals surface area (Å²) in [5.74, 6) is 1.91. The molecule has 1 aliphatic rings. The number of fused-ring (bicyclic) bond motifs is 1. The van der Waals surface area contributed by atoms with Crippen LogP contribution < -0.4 is 14.8 Å². The van der Waals surface area contributed by atoms with Gasteiger partial charge in [-0.2, -0.15) is 0 Å². The molecule has 0 bridgehead atoms. The van der Waals surface area contributed by atoms with Crippen LogP contribution in [0, 0.1) is 13.8 Å². The topological polar surface area (TPSA) is 47.6 Å². The van der Waals surface area contributed by atoms with E-state index in [2.05, 4.69) is 37.4 Å². The van der Waals surface area contributed by atoms with E-state index >= 15 is 0 Å². The van der Waals surface area contributed by atoms with E-state index in [1.165, 1.54) is 22.9 Å². The van der Waals surface area contributed by atoms with Crippen molar-refractivity contribution in [3.63, 3.8) is 0 Å². The van der Waals surface area contributed by atoms with Crippen molar-refractivity contribution in [1.29, 1.82) is 0 Å². The minimum atomic E-state index is -0.00679. The zero-order valence-corrected chi connectivity index (χ0v) is 15.6. The second-order valence-electron chi connectivity index (χ2n) is 6.23. The molecule has 3 rings (SSSR count). The van der Waals surface area contributed by atoms with Crippen LogP contribution in [-0.4, -0.2) is 24.9 Å². The molecule has 0 aliphatic carbocycles. The Balaban J connectivity index is 1.54. The molecule has 25 heavy (non-hydrogen) atoms. The van der Waals surface area contributed by atoms with Gasteiger partial charge in [0.1, 0.15) is 13.2 Å². The van der Waals surface area contributed by atoms with Gasteiger partial charge in [-0.25, -0.2) is 0 Å². The molecule has 0 saturated carbocycles. The van der Waals surface area contributed by atoms with Gasteiger partial charge < -0.3 is 14.8 Å². The van der Waals surface area contributed by atoms with Crippen LogP contribution in [-0.2, 0) is 4.79 Å². The number of hydrogen-bond acceptors (Lipinski definition) is 4. The first-order valence-electron chi connectivity index (χ1n) is 8.42. The van der Waals surface area contributed by atoms with E-state index in [0.29, 0.717) is 19.0 Å². The van der Waals surface area contributed by atoms with Crippen molar-refractivity contribution in [3.8, 4) is 11.5 Å². The van der Waals surface area contributed by atoms with Gasteiger partial charge in [-0.1, -0.05) is 18.2 Å². The first-order valence-corrected chi connectivity index (χ1v) is 9.40. The van der Waals surface area contributed by atoms with Crippen LogP contribution in [0.5, 0.6) is 11.5 Å². The quantitative estimate of drug-likeness (QED) is 0.821. The minimum absolute atomic E-state index is 0.00679. The molecule has 1 aliphatic heterocycles. The highest BCUT2D eigenvalue weighted by Crippen LogP contribution is 2.34. The smallest absolute Gasteiger partial charge is 0.230 e. The van der Waals surface area contributed by atoms with E-state index in [0.717, 1.165) is 22.0 Å². The zero-order valence-electron chi connectivity index (χ0n) is 14.8. The fraction of sp³-hybridized carbons (Fsp3) is 0.350. The third kappa shape index (κ3) is 4.48. The van der Waals surface area contributed by atoms with Gasteiger partial charge in [0.25, 0.3) is 0 Å². The molecule has 0 aromatic heterocycles. The van der Waals surface area contributed by atoms with Crippen LogP contribution in [0.3, 0.4) is 0 Å². The maximum atomic E-state index is 12.3. The molecule has 5 heteroatoms. The Bertz CT molecular complexity index is 776. The average molecular weight is 357 g/mol. The number of thioether (sulfide) groups is 1. The van der Waals surface area contributed by atoms with Crippen molar-refractivity contribution in [1.82, 2.24) is 5.32 Å². The Hall–Kier alpha value is -2.14. The Morgan fingerprint density at radius 2 is 1.84 bits per heavy atom. The van der Waals surface area contributed by atoms with Crippen molar-refractivity contribution < 1.29 is 14.3 Å². The van der Waals surface area contributed by atoms with Crippen LogP contribution in [0.15, 0.2) is 41.3 Å². The predicted molar refractivity (Wildman–Crippen MR) is 101 cm³/mol. The van der Waals surface area contributed by atoms with E-state index in [1.807, 2.05) is 25.1 Å². The van der Waals surface area contributed by atoms with Gasteiger partial charge in [0.15, 0.2) is 11.5 Å². The largest absolute Gasteiger partial charge is 0.486 e. The van der Waals surface area contributed by atoms with E-state index in [1.54, 1.807) is 0 Å².